The first-order valence-corrected chi connectivity index (χ1v) is 26.6. The molecule has 14 aromatic rings. The number of nitrogens with zero attached hydrogens (tertiary/aromatic N) is 3. The van der Waals surface area contributed by atoms with E-state index in [0.29, 0.717) is 0 Å². The Kier molecular flexibility index (Phi) is 13.1. The van der Waals surface area contributed by atoms with Crippen molar-refractivity contribution in [2.24, 2.45) is 0 Å². The van der Waals surface area contributed by atoms with Gasteiger partial charge in [0.25, 0.3) is 0 Å². The molecule has 5 heterocycles. The number of allylic oxidation sites excluding steroid dienone is 4. The molecule has 1 aliphatic rings. The van der Waals surface area contributed by atoms with E-state index >= 15 is 0 Å². The van der Waals surface area contributed by atoms with Crippen LogP contribution in [0, 0.1) is 0 Å². The molecule has 0 saturated carbocycles. The Morgan fingerprint density at radius 1 is 0.397 bits per heavy atom. The maximum absolute atomic E-state index is 6.51. The highest BCUT2D eigenvalue weighted by Crippen LogP contribution is 2.42. The predicted molar refractivity (Wildman–Crippen MR) is 332 cm³/mol. The number of furan rings is 1. The van der Waals surface area contributed by atoms with Crippen molar-refractivity contribution < 1.29 is 9.15 Å². The first-order chi connectivity index (χ1) is 38.6. The van der Waals surface area contributed by atoms with Crippen molar-refractivity contribution in [2.45, 2.75) is 20.3 Å². The van der Waals surface area contributed by atoms with Crippen LogP contribution in [-0.2, 0) is 4.74 Å². The Balaban J connectivity index is 0.000000388. The van der Waals surface area contributed by atoms with Crippen LogP contribution in [0.15, 0.2) is 291 Å². The number of fused-ring (bicyclic) bond motifs is 12. The summed E-state index contributed by atoms with van der Waals surface area (Å²) >= 11 is 0. The minimum Gasteiger partial charge on any atom is -0.462 e. The molecule has 5 heteroatoms. The summed E-state index contributed by atoms with van der Waals surface area (Å²) in [6.07, 6.45) is 8.11. The number of hydrogen-bond donors (Lipinski definition) is 0. The minimum atomic E-state index is 0.841. The number of rotatable bonds is 7. The Bertz CT molecular complexity index is 4600. The molecular weight excluding hydrogens is 951 g/mol. The number of hydrogen-bond acceptors (Lipinski definition) is 2. The summed E-state index contributed by atoms with van der Waals surface area (Å²) < 4.78 is 18.9. The Morgan fingerprint density at radius 3 is 1.45 bits per heavy atom. The van der Waals surface area contributed by atoms with Gasteiger partial charge in [0.2, 0.25) is 0 Å². The third-order valence-corrected chi connectivity index (χ3v) is 14.7. The van der Waals surface area contributed by atoms with Crippen LogP contribution in [0.3, 0.4) is 0 Å². The Hall–Kier alpha value is -10.1. The summed E-state index contributed by atoms with van der Waals surface area (Å²) in [6.45, 7) is 17.2. The van der Waals surface area contributed by atoms with E-state index in [4.69, 9.17) is 9.15 Å². The highest BCUT2D eigenvalue weighted by atomic mass is 16.5. The van der Waals surface area contributed by atoms with E-state index in [1.54, 1.807) is 12.2 Å². The van der Waals surface area contributed by atoms with Crippen LogP contribution >= 0.6 is 0 Å². The van der Waals surface area contributed by atoms with Crippen LogP contribution < -0.4 is 0 Å². The summed E-state index contributed by atoms with van der Waals surface area (Å²) in [6, 6.07) is 81.4. The first-order valence-electron chi connectivity index (χ1n) is 26.6. The normalized spacial score (nSPS) is 12.6. The van der Waals surface area contributed by atoms with Crippen LogP contribution in [0.5, 0.6) is 0 Å². The van der Waals surface area contributed by atoms with Crippen LogP contribution in [0.1, 0.15) is 20.3 Å². The zero-order valence-corrected chi connectivity index (χ0v) is 43.9. The lowest BCUT2D eigenvalue weighted by molar-refractivity contribution is 0.338. The van der Waals surface area contributed by atoms with Gasteiger partial charge in [-0.1, -0.05) is 167 Å². The van der Waals surface area contributed by atoms with E-state index in [1.807, 2.05) is 26.0 Å². The van der Waals surface area contributed by atoms with Crippen LogP contribution in [0.2, 0.25) is 0 Å². The fraction of sp³-hybridized carbons (Fsp3) is 0.0411. The zero-order chi connectivity index (χ0) is 53.3. The van der Waals surface area contributed by atoms with Crippen molar-refractivity contribution in [3.05, 3.63) is 287 Å². The molecule has 0 amide bonds. The highest BCUT2D eigenvalue weighted by Gasteiger charge is 2.20. The van der Waals surface area contributed by atoms with Crippen molar-refractivity contribution in [1.29, 1.82) is 0 Å². The van der Waals surface area contributed by atoms with Crippen LogP contribution in [0.4, 0.5) is 0 Å². The monoisotopic (exact) mass is 1010 g/mol. The van der Waals surface area contributed by atoms with Crippen LogP contribution in [-0.4, -0.2) is 13.7 Å². The third kappa shape index (κ3) is 8.30. The molecular formula is C73H57N3O2. The van der Waals surface area contributed by atoms with E-state index in [2.05, 4.69) is 264 Å². The zero-order valence-electron chi connectivity index (χ0n) is 43.9. The fourth-order valence-corrected chi connectivity index (χ4v) is 11.4. The summed E-state index contributed by atoms with van der Waals surface area (Å²) in [5.41, 5.74) is 17.1. The molecule has 15 rings (SSSR count). The molecule has 5 nitrogen and oxygen atoms in total. The molecule has 0 N–H and O–H groups in total. The lowest BCUT2D eigenvalue weighted by atomic mass is 9.96. The maximum Gasteiger partial charge on any atom is 0.135 e. The van der Waals surface area contributed by atoms with Gasteiger partial charge >= 0.3 is 0 Å². The van der Waals surface area contributed by atoms with Gasteiger partial charge in [0.15, 0.2) is 0 Å². The fourth-order valence-electron chi connectivity index (χ4n) is 11.4. The van der Waals surface area contributed by atoms with Crippen LogP contribution in [0.25, 0.3) is 127 Å². The first kappa shape index (κ1) is 48.8. The number of ether oxygens (including phenoxy) is 1. The van der Waals surface area contributed by atoms with Crippen molar-refractivity contribution in [1.82, 2.24) is 13.7 Å². The van der Waals surface area contributed by atoms with E-state index in [0.717, 1.165) is 51.3 Å². The van der Waals surface area contributed by atoms with Gasteiger partial charge in [0, 0.05) is 66.6 Å². The van der Waals surface area contributed by atoms with E-state index < -0.39 is 0 Å². The number of aromatic nitrogens is 3. The molecule has 0 aliphatic carbocycles. The average Bonchev–Trinajstić information content (AvgIpc) is 4.40. The summed E-state index contributed by atoms with van der Waals surface area (Å²) in [4.78, 5) is 0. The molecule has 0 spiro atoms. The van der Waals surface area contributed by atoms with Crippen molar-refractivity contribution in [2.75, 3.05) is 0 Å². The topological polar surface area (TPSA) is 37.2 Å². The molecule has 376 valence electrons. The van der Waals surface area contributed by atoms with Gasteiger partial charge < -0.3 is 22.9 Å². The predicted octanol–water partition coefficient (Wildman–Crippen LogP) is 20.6. The summed E-state index contributed by atoms with van der Waals surface area (Å²) in [5, 5.41) is 9.67. The van der Waals surface area contributed by atoms with Crippen molar-refractivity contribution in [3.8, 4) is 39.3 Å². The SMILES string of the molecule is C=C.C=C/C=C1\CC=C(C=C)O1.CC.c1ccc(-n2c3ccccc3c3cc(-c4ccc(-c5cccc6c5c5ccccc5n6-c5ccc6oc7ccc(-n8c9ccccc9c9ccccc98)cc7c6c5)cc4)ccc32)cc1. The van der Waals surface area contributed by atoms with Gasteiger partial charge in [0.05, 0.1) is 33.1 Å². The molecule has 0 saturated heterocycles. The van der Waals surface area contributed by atoms with Gasteiger partial charge in [-0.05, 0) is 131 Å². The summed E-state index contributed by atoms with van der Waals surface area (Å²) in [7, 11) is 0. The van der Waals surface area contributed by atoms with Crippen molar-refractivity contribution in [3.63, 3.8) is 0 Å². The second-order valence-corrected chi connectivity index (χ2v) is 18.9. The molecule has 1 aliphatic heterocycles. The second kappa shape index (κ2) is 20.9. The van der Waals surface area contributed by atoms with E-state index in [-0.39, 0.29) is 0 Å². The molecule has 4 aromatic heterocycles. The summed E-state index contributed by atoms with van der Waals surface area (Å²) in [5.74, 6) is 1.78. The number of para-hydroxylation sites is 5. The van der Waals surface area contributed by atoms with E-state index in [1.165, 1.54) is 93.4 Å². The molecule has 0 unspecified atom stereocenters. The second-order valence-electron chi connectivity index (χ2n) is 18.9. The average molecular weight is 1010 g/mol. The molecule has 0 fully saturated rings. The maximum atomic E-state index is 6.51. The standard InChI is InChI=1S/C60H37N3O.C9H10O.C2H6.C2H4/c1-2-13-41(14-3-1)61-54-22-10-6-17-47(54)49-35-40(29-32-56(49)61)38-25-27-39(28-26-38)44-19-12-24-57-60(44)48-18-7-11-23-55(48)63(57)43-31-34-59-51(37-43)50-36-42(30-33-58(50)64-59)62-52-20-8-4-15-45(52)46-16-5-9-21-53(46)62;1-3-5-9-7-6-8(4-2)10-9;2*1-2/h1-37H;3-6H,1-2,7H2;1-2H3;1-2H2/b;9-5+;;. The quantitative estimate of drug-likeness (QED) is 0.149. The van der Waals surface area contributed by atoms with Gasteiger partial charge in [0.1, 0.15) is 22.7 Å². The molecule has 0 atom stereocenters. The Labute approximate surface area is 454 Å². The smallest absolute Gasteiger partial charge is 0.135 e. The van der Waals surface area contributed by atoms with Gasteiger partial charge in [-0.2, -0.15) is 0 Å². The van der Waals surface area contributed by atoms with Gasteiger partial charge in [-0.15, -0.1) is 13.2 Å². The number of benzene rings is 10. The lowest BCUT2D eigenvalue weighted by Crippen LogP contribution is -1.94. The van der Waals surface area contributed by atoms with Gasteiger partial charge in [-0.3, -0.25) is 0 Å². The minimum absolute atomic E-state index is 0.841. The molecule has 0 radical (unpaired) electrons. The van der Waals surface area contributed by atoms with Crippen molar-refractivity contribution >= 4 is 87.4 Å². The molecule has 0 bridgehead atoms. The lowest BCUT2D eigenvalue weighted by Gasteiger charge is -2.10. The highest BCUT2D eigenvalue weighted by molar-refractivity contribution is 6.17. The molecule has 10 aromatic carbocycles. The van der Waals surface area contributed by atoms with E-state index in [9.17, 15) is 0 Å². The van der Waals surface area contributed by atoms with Gasteiger partial charge in [-0.25, -0.2) is 0 Å². The third-order valence-electron chi connectivity index (χ3n) is 14.7. The largest absolute Gasteiger partial charge is 0.462 e. The molecule has 78 heavy (non-hydrogen) atoms. The Morgan fingerprint density at radius 2 is 0.872 bits per heavy atom.